The summed E-state index contributed by atoms with van der Waals surface area (Å²) in [5.74, 6) is 0. The average molecular weight is 228 g/mol. The molecule has 0 aliphatic rings. The van der Waals surface area contributed by atoms with Crippen LogP contribution in [0.1, 0.15) is 5.56 Å². The van der Waals surface area contributed by atoms with Gasteiger partial charge in [0.25, 0.3) is 0 Å². The third kappa shape index (κ3) is 2.42. The minimum Gasteiger partial charge on any atom is -0.399 e. The molecule has 2 aromatic rings. The van der Waals surface area contributed by atoms with Gasteiger partial charge in [0.2, 0.25) is 0 Å². The Kier molecular flexibility index (Phi) is 2.78. The van der Waals surface area contributed by atoms with E-state index in [0.29, 0.717) is 11.4 Å². The van der Waals surface area contributed by atoms with Crippen LogP contribution in [0, 0.1) is 6.92 Å². The van der Waals surface area contributed by atoms with Crippen molar-refractivity contribution in [2.45, 2.75) is 6.92 Å². The summed E-state index contributed by atoms with van der Waals surface area (Å²) in [6.45, 7) is 1.97. The molecule has 0 atom stereocenters. The summed E-state index contributed by atoms with van der Waals surface area (Å²) < 4.78 is 0. The van der Waals surface area contributed by atoms with Crippen LogP contribution in [-0.4, -0.2) is 0 Å². The molecule has 7 N–H and O–H groups in total. The van der Waals surface area contributed by atoms with Crippen LogP contribution in [0.2, 0.25) is 0 Å². The highest BCUT2D eigenvalue weighted by Gasteiger charge is 2.01. The summed E-state index contributed by atoms with van der Waals surface area (Å²) in [7, 11) is 0. The van der Waals surface area contributed by atoms with Gasteiger partial charge in [0.15, 0.2) is 0 Å². The van der Waals surface area contributed by atoms with E-state index < -0.39 is 0 Å². The maximum Gasteiger partial charge on any atom is 0.0638 e. The molecule has 0 fully saturated rings. The van der Waals surface area contributed by atoms with Crippen molar-refractivity contribution in [1.82, 2.24) is 0 Å². The predicted octanol–water partition coefficient (Wildman–Crippen LogP) is 2.49. The molecule has 0 aromatic heterocycles. The molecule has 0 aliphatic carbocycles. The highest BCUT2D eigenvalue weighted by molar-refractivity contribution is 5.77. The van der Waals surface area contributed by atoms with Crippen molar-refractivity contribution in [3.63, 3.8) is 0 Å². The molecule has 0 saturated carbocycles. The van der Waals surface area contributed by atoms with Gasteiger partial charge < -0.3 is 22.5 Å². The highest BCUT2D eigenvalue weighted by Crippen LogP contribution is 2.26. The maximum absolute atomic E-state index is 5.86. The molecule has 0 amide bonds. The Labute approximate surface area is 100 Å². The van der Waals surface area contributed by atoms with Gasteiger partial charge in [-0.1, -0.05) is 6.07 Å². The van der Waals surface area contributed by atoms with Crippen LogP contribution < -0.4 is 22.5 Å². The molecule has 2 aromatic carbocycles. The number of hydrogen-bond donors (Lipinski definition) is 4. The Bertz CT molecular complexity index is 549. The van der Waals surface area contributed by atoms with Crippen LogP contribution in [0.5, 0.6) is 0 Å². The number of nitrogens with one attached hydrogen (secondary N) is 1. The van der Waals surface area contributed by atoms with Gasteiger partial charge in [-0.15, -0.1) is 0 Å². The second-order valence-corrected chi connectivity index (χ2v) is 4.04. The van der Waals surface area contributed by atoms with Crippen molar-refractivity contribution in [3.8, 4) is 0 Å². The first-order chi connectivity index (χ1) is 8.06. The summed E-state index contributed by atoms with van der Waals surface area (Å²) in [5, 5.41) is 3.20. The van der Waals surface area contributed by atoms with Crippen molar-refractivity contribution in [1.29, 1.82) is 0 Å². The van der Waals surface area contributed by atoms with Crippen LogP contribution in [0.25, 0.3) is 0 Å². The molecule has 4 nitrogen and oxygen atoms in total. The monoisotopic (exact) mass is 228 g/mol. The van der Waals surface area contributed by atoms with Gasteiger partial charge in [0.1, 0.15) is 0 Å². The van der Waals surface area contributed by atoms with Crippen LogP contribution in [0.4, 0.5) is 28.4 Å². The Morgan fingerprint density at radius 2 is 1.65 bits per heavy atom. The number of aryl methyl sites for hydroxylation is 1. The van der Waals surface area contributed by atoms with E-state index in [1.54, 1.807) is 18.2 Å². The van der Waals surface area contributed by atoms with E-state index in [0.717, 1.165) is 22.6 Å². The maximum atomic E-state index is 5.86. The fourth-order valence-corrected chi connectivity index (χ4v) is 1.56. The number of nitrogens with two attached hydrogens (primary N) is 3. The molecule has 0 bridgehead atoms. The average Bonchev–Trinajstić information content (AvgIpc) is 2.29. The fourth-order valence-electron chi connectivity index (χ4n) is 1.56. The van der Waals surface area contributed by atoms with Crippen LogP contribution in [-0.2, 0) is 0 Å². The Morgan fingerprint density at radius 3 is 2.35 bits per heavy atom. The molecule has 2 rings (SSSR count). The number of hydrogen-bond acceptors (Lipinski definition) is 4. The number of benzene rings is 2. The van der Waals surface area contributed by atoms with Crippen molar-refractivity contribution in [3.05, 3.63) is 42.0 Å². The molecule has 0 aliphatic heterocycles. The lowest BCUT2D eigenvalue weighted by molar-refractivity contribution is 1.45. The van der Waals surface area contributed by atoms with Crippen molar-refractivity contribution >= 4 is 28.4 Å². The van der Waals surface area contributed by atoms with E-state index in [-0.39, 0.29) is 0 Å². The molecule has 17 heavy (non-hydrogen) atoms. The normalized spacial score (nSPS) is 10.2. The second-order valence-electron chi connectivity index (χ2n) is 4.04. The van der Waals surface area contributed by atoms with Crippen LogP contribution in [0.3, 0.4) is 0 Å². The summed E-state index contributed by atoms with van der Waals surface area (Å²) in [6, 6.07) is 11.1. The number of anilines is 5. The number of rotatable bonds is 2. The SMILES string of the molecule is Cc1ccc(Nc2cc(N)ccc2N)cc1N. The fraction of sp³-hybridized carbons (Fsp3) is 0.0769. The molecule has 0 heterocycles. The third-order valence-electron chi connectivity index (χ3n) is 2.64. The van der Waals surface area contributed by atoms with Gasteiger partial charge in [-0.25, -0.2) is 0 Å². The molecular formula is C13H16N4. The molecule has 4 heteroatoms. The van der Waals surface area contributed by atoms with Gasteiger partial charge in [0.05, 0.1) is 11.4 Å². The minimum atomic E-state index is 0.651. The van der Waals surface area contributed by atoms with Gasteiger partial charge >= 0.3 is 0 Å². The lowest BCUT2D eigenvalue weighted by Crippen LogP contribution is -1.99. The standard InChI is InChI=1S/C13H16N4/c1-8-2-4-10(7-12(8)16)17-13-6-9(14)3-5-11(13)15/h2-7,17H,14-16H2,1H3. The van der Waals surface area contributed by atoms with E-state index >= 15 is 0 Å². The van der Waals surface area contributed by atoms with Crippen molar-refractivity contribution in [2.24, 2.45) is 0 Å². The topological polar surface area (TPSA) is 90.1 Å². The zero-order valence-corrected chi connectivity index (χ0v) is 9.70. The number of nitrogen functional groups attached to an aromatic ring is 3. The van der Waals surface area contributed by atoms with Crippen molar-refractivity contribution < 1.29 is 0 Å². The summed E-state index contributed by atoms with van der Waals surface area (Å²) in [4.78, 5) is 0. The van der Waals surface area contributed by atoms with Crippen molar-refractivity contribution in [2.75, 3.05) is 22.5 Å². The molecule has 0 unspecified atom stereocenters. The van der Waals surface area contributed by atoms with Gasteiger partial charge in [-0.3, -0.25) is 0 Å². The first kappa shape index (κ1) is 11.1. The molecule has 0 radical (unpaired) electrons. The molecular weight excluding hydrogens is 212 g/mol. The van der Waals surface area contributed by atoms with E-state index in [1.807, 2.05) is 25.1 Å². The minimum absolute atomic E-state index is 0.651. The first-order valence-electron chi connectivity index (χ1n) is 5.34. The van der Waals surface area contributed by atoms with Gasteiger partial charge in [-0.2, -0.15) is 0 Å². The Morgan fingerprint density at radius 1 is 0.882 bits per heavy atom. The summed E-state index contributed by atoms with van der Waals surface area (Å²) in [6.07, 6.45) is 0. The largest absolute Gasteiger partial charge is 0.399 e. The van der Waals surface area contributed by atoms with Gasteiger partial charge in [-0.05, 0) is 42.8 Å². The molecule has 0 saturated heterocycles. The summed E-state index contributed by atoms with van der Waals surface area (Å²) >= 11 is 0. The van der Waals surface area contributed by atoms with E-state index in [9.17, 15) is 0 Å². The predicted molar refractivity (Wildman–Crippen MR) is 74.1 cm³/mol. The second kappa shape index (κ2) is 4.25. The quantitative estimate of drug-likeness (QED) is 0.594. The van der Waals surface area contributed by atoms with Crippen LogP contribution >= 0.6 is 0 Å². The summed E-state index contributed by atoms with van der Waals surface area (Å²) in [5.41, 5.74) is 22.2. The zero-order chi connectivity index (χ0) is 12.4. The van der Waals surface area contributed by atoms with Crippen LogP contribution in [0.15, 0.2) is 36.4 Å². The lowest BCUT2D eigenvalue weighted by atomic mass is 10.1. The zero-order valence-electron chi connectivity index (χ0n) is 9.70. The molecule has 88 valence electrons. The van der Waals surface area contributed by atoms with E-state index in [4.69, 9.17) is 17.2 Å². The molecule has 0 spiro atoms. The van der Waals surface area contributed by atoms with Gasteiger partial charge in [0, 0.05) is 17.1 Å². The smallest absolute Gasteiger partial charge is 0.0638 e. The Balaban J connectivity index is 2.31. The third-order valence-corrected chi connectivity index (χ3v) is 2.64. The lowest BCUT2D eigenvalue weighted by Gasteiger charge is -2.11. The first-order valence-corrected chi connectivity index (χ1v) is 5.34. The highest BCUT2D eigenvalue weighted by atomic mass is 14.9. The Hall–Kier alpha value is -2.36. The van der Waals surface area contributed by atoms with E-state index in [2.05, 4.69) is 5.32 Å². The van der Waals surface area contributed by atoms with E-state index in [1.165, 1.54) is 0 Å².